The molecule has 0 unspecified atom stereocenters. The van der Waals surface area contributed by atoms with Gasteiger partial charge in [-0.25, -0.2) is 8.42 Å². The third kappa shape index (κ3) is 3.86. The first-order valence-corrected chi connectivity index (χ1v) is 10.3. The highest BCUT2D eigenvalue weighted by molar-refractivity contribution is 7.89. The lowest BCUT2D eigenvalue weighted by molar-refractivity contribution is -0.127. The molecule has 0 aliphatic carbocycles. The Balaban J connectivity index is 1.74. The summed E-state index contributed by atoms with van der Waals surface area (Å²) in [6.45, 7) is 1.93. The highest BCUT2D eigenvalue weighted by Gasteiger charge is 2.34. The number of amides is 1. The van der Waals surface area contributed by atoms with E-state index in [0.717, 1.165) is 32.2 Å². The van der Waals surface area contributed by atoms with Crippen molar-refractivity contribution >= 4 is 15.9 Å². The molecule has 1 aromatic rings. The molecule has 2 aliphatic heterocycles. The van der Waals surface area contributed by atoms with Crippen molar-refractivity contribution in [3.63, 3.8) is 0 Å². The molecule has 0 aromatic heterocycles. The van der Waals surface area contributed by atoms with Gasteiger partial charge in [0.15, 0.2) is 0 Å². The molecule has 6 nitrogen and oxygen atoms in total. The molecule has 0 bridgehead atoms. The number of piperidine rings is 1. The quantitative estimate of drug-likeness (QED) is 0.804. The van der Waals surface area contributed by atoms with Gasteiger partial charge in [0.2, 0.25) is 15.9 Å². The van der Waals surface area contributed by atoms with Crippen molar-refractivity contribution in [2.75, 3.05) is 19.6 Å². The number of nitrogens with zero attached hydrogens (tertiary/aromatic N) is 3. The largest absolute Gasteiger partial charge is 0.343 e. The predicted octanol–water partition coefficient (Wildman–Crippen LogP) is 2.11. The molecule has 2 aliphatic rings. The van der Waals surface area contributed by atoms with Gasteiger partial charge < -0.3 is 4.90 Å². The molecule has 7 heteroatoms. The van der Waals surface area contributed by atoms with E-state index in [0.29, 0.717) is 31.5 Å². The van der Waals surface area contributed by atoms with E-state index < -0.39 is 10.0 Å². The molecule has 0 N–H and O–H groups in total. The van der Waals surface area contributed by atoms with Gasteiger partial charge in [0.1, 0.15) is 0 Å². The SMILES string of the molecule is N#Cc1ccc(S(=O)(=O)N2CCCC[C@@H]2CCN2CCCC2=O)cc1. The Kier molecular flexibility index (Phi) is 5.40. The van der Waals surface area contributed by atoms with Gasteiger partial charge in [-0.3, -0.25) is 4.79 Å². The van der Waals surface area contributed by atoms with E-state index in [9.17, 15) is 13.2 Å². The van der Waals surface area contributed by atoms with Crippen LogP contribution < -0.4 is 0 Å². The zero-order valence-corrected chi connectivity index (χ0v) is 15.0. The molecule has 1 atom stereocenters. The molecule has 1 aromatic carbocycles. The fraction of sp³-hybridized carbons (Fsp3) is 0.556. The number of rotatable bonds is 5. The lowest BCUT2D eigenvalue weighted by Crippen LogP contribution is -2.45. The number of sulfonamides is 1. The Morgan fingerprint density at radius 3 is 2.52 bits per heavy atom. The second-order valence-electron chi connectivity index (χ2n) is 6.67. The Hall–Kier alpha value is -1.91. The Morgan fingerprint density at radius 1 is 1.12 bits per heavy atom. The van der Waals surface area contributed by atoms with Gasteiger partial charge in [-0.15, -0.1) is 0 Å². The molecular weight excluding hydrogens is 338 g/mol. The summed E-state index contributed by atoms with van der Waals surface area (Å²) in [5.41, 5.74) is 0.446. The van der Waals surface area contributed by atoms with Crippen LogP contribution in [0.2, 0.25) is 0 Å². The molecule has 2 fully saturated rings. The lowest BCUT2D eigenvalue weighted by atomic mass is 10.0. The van der Waals surface area contributed by atoms with Crippen molar-refractivity contribution in [1.29, 1.82) is 5.26 Å². The number of nitriles is 1. The second kappa shape index (κ2) is 7.54. The molecule has 0 spiro atoms. The molecule has 0 saturated carbocycles. The smallest absolute Gasteiger partial charge is 0.243 e. The monoisotopic (exact) mass is 361 g/mol. The van der Waals surface area contributed by atoms with Crippen molar-refractivity contribution in [3.8, 4) is 6.07 Å². The van der Waals surface area contributed by atoms with Crippen LogP contribution in [-0.2, 0) is 14.8 Å². The Morgan fingerprint density at radius 2 is 1.88 bits per heavy atom. The van der Waals surface area contributed by atoms with Crippen molar-refractivity contribution < 1.29 is 13.2 Å². The summed E-state index contributed by atoms with van der Waals surface area (Å²) in [5.74, 6) is 0.178. The van der Waals surface area contributed by atoms with E-state index in [4.69, 9.17) is 5.26 Å². The number of benzene rings is 1. The van der Waals surface area contributed by atoms with Crippen LogP contribution in [0.5, 0.6) is 0 Å². The average molecular weight is 361 g/mol. The number of hydrogen-bond donors (Lipinski definition) is 0. The zero-order valence-electron chi connectivity index (χ0n) is 14.2. The van der Waals surface area contributed by atoms with Crippen LogP contribution in [0.3, 0.4) is 0 Å². The van der Waals surface area contributed by atoms with Crippen LogP contribution in [-0.4, -0.2) is 49.2 Å². The predicted molar refractivity (Wildman–Crippen MR) is 93.1 cm³/mol. The lowest BCUT2D eigenvalue weighted by Gasteiger charge is -2.35. The van der Waals surface area contributed by atoms with Crippen molar-refractivity contribution in [1.82, 2.24) is 9.21 Å². The van der Waals surface area contributed by atoms with E-state index >= 15 is 0 Å². The van der Waals surface area contributed by atoms with E-state index in [-0.39, 0.29) is 16.8 Å². The maximum Gasteiger partial charge on any atom is 0.243 e. The van der Waals surface area contributed by atoms with E-state index in [1.54, 1.807) is 4.31 Å². The molecule has 0 radical (unpaired) electrons. The summed E-state index contributed by atoms with van der Waals surface area (Å²) in [5, 5.41) is 8.88. The van der Waals surface area contributed by atoms with Gasteiger partial charge >= 0.3 is 0 Å². The molecule has 134 valence electrons. The van der Waals surface area contributed by atoms with Crippen LogP contribution in [0.25, 0.3) is 0 Å². The van der Waals surface area contributed by atoms with Gasteiger partial charge in [-0.1, -0.05) is 6.42 Å². The number of hydrogen-bond acceptors (Lipinski definition) is 4. The van der Waals surface area contributed by atoms with E-state index in [2.05, 4.69) is 0 Å². The van der Waals surface area contributed by atoms with Crippen LogP contribution in [0, 0.1) is 11.3 Å². The molecule has 1 amide bonds. The van der Waals surface area contributed by atoms with E-state index in [1.165, 1.54) is 24.3 Å². The van der Waals surface area contributed by atoms with Crippen LogP contribution in [0.15, 0.2) is 29.2 Å². The summed E-state index contributed by atoms with van der Waals surface area (Å²) in [7, 11) is -3.57. The number of carbonyl (C=O) groups is 1. The number of likely N-dealkylation sites (tertiary alicyclic amines) is 1. The minimum absolute atomic E-state index is 0.0669. The van der Waals surface area contributed by atoms with Crippen molar-refractivity contribution in [2.45, 2.75) is 49.5 Å². The summed E-state index contributed by atoms with van der Waals surface area (Å²) >= 11 is 0. The standard InChI is InChI=1S/C18H23N3O3S/c19-14-15-6-8-17(9-7-15)25(23,24)21-12-2-1-4-16(21)10-13-20-11-3-5-18(20)22/h6-9,16H,1-5,10-13H2/t16-/m1/s1. The topological polar surface area (TPSA) is 81.5 Å². The fourth-order valence-electron chi connectivity index (χ4n) is 3.66. The van der Waals surface area contributed by atoms with E-state index in [1.807, 2.05) is 11.0 Å². The Bertz CT molecular complexity index is 768. The molecule has 2 saturated heterocycles. The summed E-state index contributed by atoms with van der Waals surface area (Å²) in [4.78, 5) is 13.9. The first kappa shape index (κ1) is 17.9. The maximum atomic E-state index is 13.0. The van der Waals surface area contributed by atoms with Crippen LogP contribution in [0.4, 0.5) is 0 Å². The van der Waals surface area contributed by atoms with Crippen LogP contribution >= 0.6 is 0 Å². The van der Waals surface area contributed by atoms with Gasteiger partial charge in [0, 0.05) is 32.1 Å². The van der Waals surface area contributed by atoms with Crippen molar-refractivity contribution in [2.24, 2.45) is 0 Å². The third-order valence-electron chi connectivity index (χ3n) is 5.07. The third-order valence-corrected chi connectivity index (χ3v) is 7.03. The maximum absolute atomic E-state index is 13.0. The molecule has 25 heavy (non-hydrogen) atoms. The van der Waals surface area contributed by atoms with Gasteiger partial charge in [0.05, 0.1) is 16.5 Å². The summed E-state index contributed by atoms with van der Waals surface area (Å²) in [6.07, 6.45) is 4.89. The molecule has 2 heterocycles. The summed E-state index contributed by atoms with van der Waals surface area (Å²) in [6, 6.07) is 8.02. The first-order chi connectivity index (χ1) is 12.0. The van der Waals surface area contributed by atoms with Crippen LogP contribution in [0.1, 0.15) is 44.1 Å². The Labute approximate surface area is 149 Å². The van der Waals surface area contributed by atoms with Gasteiger partial charge in [0.25, 0.3) is 0 Å². The molecular formula is C18H23N3O3S. The minimum Gasteiger partial charge on any atom is -0.343 e. The normalized spacial score (nSPS) is 22.1. The highest BCUT2D eigenvalue weighted by atomic mass is 32.2. The zero-order chi connectivity index (χ0) is 17.9. The number of carbonyl (C=O) groups excluding carboxylic acids is 1. The fourth-order valence-corrected chi connectivity index (χ4v) is 5.38. The molecule has 3 rings (SSSR count). The van der Waals surface area contributed by atoms with Crippen molar-refractivity contribution in [3.05, 3.63) is 29.8 Å². The second-order valence-corrected chi connectivity index (χ2v) is 8.57. The average Bonchev–Trinajstić information content (AvgIpc) is 3.05. The highest BCUT2D eigenvalue weighted by Crippen LogP contribution is 2.28. The van der Waals surface area contributed by atoms with Gasteiger partial charge in [-0.05, 0) is 49.9 Å². The summed E-state index contributed by atoms with van der Waals surface area (Å²) < 4.78 is 27.6. The minimum atomic E-state index is -3.57. The van der Waals surface area contributed by atoms with Gasteiger partial charge in [-0.2, -0.15) is 9.57 Å². The first-order valence-electron chi connectivity index (χ1n) is 8.82.